The molecule has 0 aromatic heterocycles. The van der Waals surface area contributed by atoms with Crippen LogP contribution in [0.25, 0.3) is 0 Å². The van der Waals surface area contributed by atoms with Crippen LogP contribution in [0, 0.1) is 0 Å². The Balaban J connectivity index is 1.29. The van der Waals surface area contributed by atoms with Crippen molar-refractivity contribution in [3.8, 4) is 0 Å². The van der Waals surface area contributed by atoms with Crippen LogP contribution < -0.4 is 10.6 Å². The van der Waals surface area contributed by atoms with E-state index in [1.807, 2.05) is 7.05 Å². The van der Waals surface area contributed by atoms with Crippen LogP contribution >= 0.6 is 0 Å². The highest BCUT2D eigenvalue weighted by Crippen LogP contribution is 2.32. The summed E-state index contributed by atoms with van der Waals surface area (Å²) in [6.45, 7) is 5.95. The van der Waals surface area contributed by atoms with Crippen LogP contribution in [0.1, 0.15) is 55.8 Å². The minimum atomic E-state index is 0.265. The molecule has 3 rings (SSSR count). The van der Waals surface area contributed by atoms with Crippen molar-refractivity contribution >= 4 is 5.96 Å². The lowest BCUT2D eigenvalue weighted by Gasteiger charge is -2.33. The van der Waals surface area contributed by atoms with Crippen molar-refractivity contribution in [1.82, 2.24) is 15.5 Å². The number of likely N-dealkylation sites (tertiary alicyclic amines) is 1. The SMILES string of the molecule is CN=C(NCCCOC1CCCc2ccccc21)NC1CCN(CCCOC)CC1. The van der Waals surface area contributed by atoms with Gasteiger partial charge in [-0.1, -0.05) is 24.3 Å². The maximum Gasteiger partial charge on any atom is 0.191 e. The third-order valence-electron chi connectivity index (χ3n) is 6.22. The summed E-state index contributed by atoms with van der Waals surface area (Å²) in [6.07, 6.45) is 8.24. The molecule has 1 atom stereocenters. The highest BCUT2D eigenvalue weighted by Gasteiger charge is 2.21. The van der Waals surface area contributed by atoms with Gasteiger partial charge in [-0.15, -0.1) is 0 Å². The molecule has 0 bridgehead atoms. The molecule has 1 saturated heterocycles. The number of rotatable bonds is 10. The first-order chi connectivity index (χ1) is 14.8. The Morgan fingerprint density at radius 2 is 1.97 bits per heavy atom. The highest BCUT2D eigenvalue weighted by atomic mass is 16.5. The van der Waals surface area contributed by atoms with E-state index in [0.29, 0.717) is 6.04 Å². The number of guanidine groups is 1. The number of nitrogens with one attached hydrogen (secondary N) is 2. The Morgan fingerprint density at radius 1 is 1.13 bits per heavy atom. The molecule has 1 unspecified atom stereocenters. The predicted octanol–water partition coefficient (Wildman–Crippen LogP) is 3.14. The maximum absolute atomic E-state index is 6.21. The topological polar surface area (TPSA) is 58.1 Å². The molecule has 1 fully saturated rings. The van der Waals surface area contributed by atoms with Gasteiger partial charge in [0, 0.05) is 59.6 Å². The molecule has 0 radical (unpaired) electrons. The van der Waals surface area contributed by atoms with Crippen LogP contribution in [0.2, 0.25) is 0 Å². The number of hydrogen-bond donors (Lipinski definition) is 2. The molecule has 6 heteroatoms. The molecule has 2 N–H and O–H groups in total. The number of piperidine rings is 1. The number of hydrogen-bond acceptors (Lipinski definition) is 4. The summed E-state index contributed by atoms with van der Waals surface area (Å²) >= 11 is 0. The summed E-state index contributed by atoms with van der Waals surface area (Å²) in [7, 11) is 3.63. The standard InChI is InChI=1S/C24H40N4O2/c1-25-24(27-21-12-16-28(17-13-21)15-7-18-29-2)26-14-6-19-30-23-11-5-9-20-8-3-4-10-22(20)23/h3-4,8,10,21,23H,5-7,9,11-19H2,1-2H3,(H2,25,26,27). The first-order valence-corrected chi connectivity index (χ1v) is 11.7. The van der Waals surface area contributed by atoms with Gasteiger partial charge < -0.3 is 25.0 Å². The number of nitrogens with zero attached hydrogens (tertiary/aromatic N) is 2. The van der Waals surface area contributed by atoms with Crippen molar-refractivity contribution in [3.05, 3.63) is 35.4 Å². The van der Waals surface area contributed by atoms with E-state index in [0.717, 1.165) is 77.5 Å². The second-order valence-electron chi connectivity index (χ2n) is 8.41. The lowest BCUT2D eigenvalue weighted by molar-refractivity contribution is 0.0398. The fourth-order valence-electron chi connectivity index (χ4n) is 4.51. The van der Waals surface area contributed by atoms with E-state index >= 15 is 0 Å². The molecule has 2 aliphatic rings. The number of methoxy groups -OCH3 is 1. The molecule has 0 saturated carbocycles. The third kappa shape index (κ3) is 7.25. The number of benzene rings is 1. The van der Waals surface area contributed by atoms with Crippen LogP contribution in [-0.4, -0.2) is 70.5 Å². The van der Waals surface area contributed by atoms with Gasteiger partial charge in [-0.2, -0.15) is 0 Å². The van der Waals surface area contributed by atoms with Gasteiger partial charge in [-0.3, -0.25) is 4.99 Å². The van der Waals surface area contributed by atoms with Crippen molar-refractivity contribution in [1.29, 1.82) is 0 Å². The van der Waals surface area contributed by atoms with Crippen LogP contribution in [0.4, 0.5) is 0 Å². The highest BCUT2D eigenvalue weighted by molar-refractivity contribution is 5.79. The van der Waals surface area contributed by atoms with Crippen molar-refractivity contribution < 1.29 is 9.47 Å². The average Bonchev–Trinajstić information content (AvgIpc) is 2.79. The summed E-state index contributed by atoms with van der Waals surface area (Å²) in [6, 6.07) is 9.24. The summed E-state index contributed by atoms with van der Waals surface area (Å²) < 4.78 is 11.4. The van der Waals surface area contributed by atoms with Gasteiger partial charge in [0.1, 0.15) is 0 Å². The van der Waals surface area contributed by atoms with Crippen LogP contribution in [0.5, 0.6) is 0 Å². The Kier molecular flexibility index (Phi) is 9.93. The van der Waals surface area contributed by atoms with E-state index in [-0.39, 0.29) is 6.10 Å². The fourth-order valence-corrected chi connectivity index (χ4v) is 4.51. The van der Waals surface area contributed by atoms with Crippen molar-refractivity contribution in [2.45, 2.75) is 57.1 Å². The molecular weight excluding hydrogens is 376 g/mol. The fraction of sp³-hybridized carbons (Fsp3) is 0.708. The lowest BCUT2D eigenvalue weighted by atomic mass is 9.89. The Hall–Kier alpha value is -1.63. The molecule has 1 heterocycles. The molecule has 1 aromatic rings. The minimum Gasteiger partial charge on any atom is -0.385 e. The van der Waals surface area contributed by atoms with E-state index in [2.05, 4.69) is 44.8 Å². The Bertz CT molecular complexity index is 644. The monoisotopic (exact) mass is 416 g/mol. The van der Waals surface area contributed by atoms with Crippen LogP contribution in [0.3, 0.4) is 0 Å². The van der Waals surface area contributed by atoms with Gasteiger partial charge in [0.05, 0.1) is 6.10 Å². The van der Waals surface area contributed by atoms with Crippen molar-refractivity contribution in [2.24, 2.45) is 4.99 Å². The van der Waals surface area contributed by atoms with Gasteiger partial charge in [0.25, 0.3) is 0 Å². The summed E-state index contributed by atoms with van der Waals surface area (Å²) in [5.74, 6) is 0.913. The molecular formula is C24H40N4O2. The summed E-state index contributed by atoms with van der Waals surface area (Å²) in [5, 5.41) is 7.05. The number of ether oxygens (including phenoxy) is 2. The molecule has 30 heavy (non-hydrogen) atoms. The number of fused-ring (bicyclic) bond motifs is 1. The first-order valence-electron chi connectivity index (χ1n) is 11.7. The first kappa shape index (κ1) is 23.0. The summed E-state index contributed by atoms with van der Waals surface area (Å²) in [4.78, 5) is 6.94. The number of aliphatic imine (C=N–C) groups is 1. The second kappa shape index (κ2) is 12.9. The van der Waals surface area contributed by atoms with Crippen molar-refractivity contribution in [2.75, 3.05) is 53.6 Å². The smallest absolute Gasteiger partial charge is 0.191 e. The molecule has 1 aliphatic carbocycles. The van der Waals surface area contributed by atoms with E-state index in [4.69, 9.17) is 9.47 Å². The molecule has 1 aromatic carbocycles. The lowest BCUT2D eigenvalue weighted by Crippen LogP contribution is -2.49. The Labute approximate surface area is 182 Å². The van der Waals surface area contributed by atoms with E-state index in [1.54, 1.807) is 7.11 Å². The molecule has 1 aliphatic heterocycles. The van der Waals surface area contributed by atoms with E-state index in [1.165, 1.54) is 24.0 Å². The zero-order chi connectivity index (χ0) is 21.0. The van der Waals surface area contributed by atoms with Crippen molar-refractivity contribution in [3.63, 3.8) is 0 Å². The minimum absolute atomic E-state index is 0.265. The quantitative estimate of drug-likeness (QED) is 0.349. The average molecular weight is 417 g/mol. The van der Waals surface area contributed by atoms with Crippen LogP contribution in [-0.2, 0) is 15.9 Å². The maximum atomic E-state index is 6.21. The molecule has 168 valence electrons. The second-order valence-corrected chi connectivity index (χ2v) is 8.41. The zero-order valence-corrected chi connectivity index (χ0v) is 18.9. The molecule has 6 nitrogen and oxygen atoms in total. The van der Waals surface area contributed by atoms with Gasteiger partial charge >= 0.3 is 0 Å². The van der Waals surface area contributed by atoms with Gasteiger partial charge in [-0.25, -0.2) is 0 Å². The van der Waals surface area contributed by atoms with Gasteiger partial charge in [0.15, 0.2) is 5.96 Å². The largest absolute Gasteiger partial charge is 0.385 e. The van der Waals surface area contributed by atoms with E-state index < -0.39 is 0 Å². The molecule has 0 spiro atoms. The third-order valence-corrected chi connectivity index (χ3v) is 6.22. The normalized spacial score (nSPS) is 20.7. The Morgan fingerprint density at radius 3 is 2.77 bits per heavy atom. The van der Waals surface area contributed by atoms with E-state index in [9.17, 15) is 0 Å². The van der Waals surface area contributed by atoms with Gasteiger partial charge in [-0.05, 0) is 56.1 Å². The predicted molar refractivity (Wildman–Crippen MR) is 123 cm³/mol. The van der Waals surface area contributed by atoms with Crippen LogP contribution in [0.15, 0.2) is 29.3 Å². The zero-order valence-electron chi connectivity index (χ0n) is 18.9. The molecule has 0 amide bonds. The van der Waals surface area contributed by atoms with Gasteiger partial charge in [0.2, 0.25) is 0 Å². The number of aryl methyl sites for hydroxylation is 1. The summed E-state index contributed by atoms with van der Waals surface area (Å²) in [5.41, 5.74) is 2.85.